The Morgan fingerprint density at radius 1 is 1.00 bits per heavy atom. The summed E-state index contributed by atoms with van der Waals surface area (Å²) in [6.45, 7) is 0. The molecule has 1 aromatic heterocycles. The Balaban J connectivity index is 1.64. The van der Waals surface area contributed by atoms with E-state index in [1.165, 1.54) is 12.1 Å². The van der Waals surface area contributed by atoms with Gasteiger partial charge < -0.3 is 0 Å². The number of benzene rings is 3. The first kappa shape index (κ1) is 17.3. The van der Waals surface area contributed by atoms with Gasteiger partial charge in [-0.1, -0.05) is 48.5 Å². The molecule has 4 rings (SSSR count). The van der Waals surface area contributed by atoms with Gasteiger partial charge in [-0.2, -0.15) is 5.10 Å². The average Bonchev–Trinajstić information content (AvgIpc) is 2.73. The number of hydrogen-bond acceptors (Lipinski definition) is 5. The minimum atomic E-state index is -0.571. The molecule has 1 N–H and O–H groups in total. The number of nitrogens with one attached hydrogen (secondary N) is 1. The second-order valence-corrected chi connectivity index (χ2v) is 6.09. The molecule has 0 fully saturated rings. The fourth-order valence-corrected chi connectivity index (χ4v) is 3.03. The van der Waals surface area contributed by atoms with Crippen molar-refractivity contribution in [1.82, 2.24) is 10.4 Å². The van der Waals surface area contributed by atoms with Gasteiger partial charge in [0.15, 0.2) is 0 Å². The number of hydrogen-bond donors (Lipinski definition) is 1. The van der Waals surface area contributed by atoms with Crippen LogP contribution in [-0.2, 0) is 0 Å². The van der Waals surface area contributed by atoms with Gasteiger partial charge in [0, 0.05) is 11.6 Å². The summed E-state index contributed by atoms with van der Waals surface area (Å²) in [5, 5.41) is 18.9. The molecule has 136 valence electrons. The molecule has 0 radical (unpaired) electrons. The van der Waals surface area contributed by atoms with Gasteiger partial charge in [-0.15, -0.1) is 0 Å². The van der Waals surface area contributed by atoms with Gasteiger partial charge in [-0.3, -0.25) is 14.9 Å². The number of pyridine rings is 1. The van der Waals surface area contributed by atoms with Crippen molar-refractivity contribution in [2.75, 3.05) is 0 Å². The van der Waals surface area contributed by atoms with Crippen molar-refractivity contribution in [3.63, 3.8) is 0 Å². The smallest absolute Gasteiger partial charge is 0.266 e. The Morgan fingerprint density at radius 3 is 2.21 bits per heavy atom. The van der Waals surface area contributed by atoms with Crippen LogP contribution in [0.15, 0.2) is 78.0 Å². The highest BCUT2D eigenvalue weighted by Crippen LogP contribution is 2.27. The predicted octanol–water partition coefficient (Wildman–Crippen LogP) is 4.06. The largest absolute Gasteiger partial charge is 0.289 e. The van der Waals surface area contributed by atoms with E-state index in [0.29, 0.717) is 0 Å². The summed E-state index contributed by atoms with van der Waals surface area (Å²) >= 11 is 0. The summed E-state index contributed by atoms with van der Waals surface area (Å²) in [6.07, 6.45) is 2.64. The molecular weight excluding hydrogens is 356 g/mol. The van der Waals surface area contributed by atoms with Gasteiger partial charge in [-0.25, -0.2) is 10.4 Å². The minimum absolute atomic E-state index is 0.0468. The molecule has 0 saturated heterocycles. The van der Waals surface area contributed by atoms with Crippen LogP contribution in [0.25, 0.3) is 21.5 Å². The fraction of sp³-hybridized carbons (Fsp3) is 0. The van der Waals surface area contributed by atoms with Crippen molar-refractivity contribution < 1.29 is 9.72 Å². The first-order chi connectivity index (χ1) is 13.6. The summed E-state index contributed by atoms with van der Waals surface area (Å²) in [5.41, 5.74) is 3.19. The van der Waals surface area contributed by atoms with E-state index in [2.05, 4.69) is 21.6 Å². The molecule has 0 aliphatic heterocycles. The number of nitrogens with zero attached hydrogens (tertiary/aromatic N) is 3. The molecule has 28 heavy (non-hydrogen) atoms. The highest BCUT2D eigenvalue weighted by atomic mass is 16.6. The standard InChI is InChI=1S/C21H14N4O3/c26-21(20-10-9-16(12-22-20)25(27)28)24-23-13-19-17-7-3-1-5-14(17)11-15-6-2-4-8-18(15)19/h1-13H,(H,24,26)/b23-13+. The van der Waals surface area contributed by atoms with E-state index in [9.17, 15) is 14.9 Å². The summed E-state index contributed by atoms with van der Waals surface area (Å²) < 4.78 is 0. The van der Waals surface area contributed by atoms with Gasteiger partial charge in [0.2, 0.25) is 0 Å². The van der Waals surface area contributed by atoms with Crippen molar-refractivity contribution in [3.8, 4) is 0 Å². The topological polar surface area (TPSA) is 97.5 Å². The average molecular weight is 370 g/mol. The molecule has 0 saturated carbocycles. The third kappa shape index (κ3) is 3.28. The summed E-state index contributed by atoms with van der Waals surface area (Å²) in [4.78, 5) is 26.1. The minimum Gasteiger partial charge on any atom is -0.266 e. The van der Waals surface area contributed by atoms with E-state index in [1.54, 1.807) is 6.21 Å². The maximum absolute atomic E-state index is 12.2. The second kappa shape index (κ2) is 7.24. The van der Waals surface area contributed by atoms with Gasteiger partial charge in [0.1, 0.15) is 11.9 Å². The number of carbonyl (C=O) groups is 1. The number of rotatable bonds is 4. The van der Waals surface area contributed by atoms with Crippen molar-refractivity contribution in [2.45, 2.75) is 0 Å². The van der Waals surface area contributed by atoms with E-state index < -0.39 is 10.8 Å². The molecule has 3 aromatic carbocycles. The van der Waals surface area contributed by atoms with E-state index in [0.717, 1.165) is 33.3 Å². The maximum atomic E-state index is 12.2. The summed E-state index contributed by atoms with van der Waals surface area (Å²) in [6, 6.07) is 20.5. The van der Waals surface area contributed by atoms with Crippen LogP contribution in [-0.4, -0.2) is 22.0 Å². The lowest BCUT2D eigenvalue weighted by Gasteiger charge is -2.07. The van der Waals surface area contributed by atoms with Gasteiger partial charge in [0.25, 0.3) is 11.6 Å². The third-order valence-electron chi connectivity index (χ3n) is 4.36. The highest BCUT2D eigenvalue weighted by Gasteiger charge is 2.10. The van der Waals surface area contributed by atoms with Crippen molar-refractivity contribution in [2.24, 2.45) is 5.10 Å². The Morgan fingerprint density at radius 2 is 1.64 bits per heavy atom. The quantitative estimate of drug-likeness (QED) is 0.253. The van der Waals surface area contributed by atoms with Crippen LogP contribution in [0, 0.1) is 10.1 Å². The maximum Gasteiger partial charge on any atom is 0.289 e. The van der Waals surface area contributed by atoms with Crippen molar-refractivity contribution in [1.29, 1.82) is 0 Å². The lowest BCUT2D eigenvalue weighted by molar-refractivity contribution is -0.385. The first-order valence-corrected chi connectivity index (χ1v) is 8.48. The van der Waals surface area contributed by atoms with Crippen LogP contribution < -0.4 is 5.43 Å². The SMILES string of the molecule is O=C(N/N=C/c1c2ccccc2cc2ccccc12)c1ccc([N+](=O)[O-])cn1. The van der Waals surface area contributed by atoms with Crippen LogP contribution in [0.5, 0.6) is 0 Å². The van der Waals surface area contributed by atoms with Crippen molar-refractivity contribution >= 4 is 39.4 Å². The molecule has 0 aliphatic rings. The lowest BCUT2D eigenvalue weighted by Crippen LogP contribution is -2.19. The second-order valence-electron chi connectivity index (χ2n) is 6.09. The first-order valence-electron chi connectivity index (χ1n) is 8.48. The Hall–Kier alpha value is -4.13. The van der Waals surface area contributed by atoms with Crippen LogP contribution in [0.4, 0.5) is 5.69 Å². The molecule has 1 amide bonds. The number of hydrazone groups is 1. The zero-order chi connectivity index (χ0) is 19.5. The molecule has 0 atom stereocenters. The molecule has 0 aliphatic carbocycles. The van der Waals surface area contributed by atoms with Crippen LogP contribution >= 0.6 is 0 Å². The molecule has 7 nitrogen and oxygen atoms in total. The molecule has 7 heteroatoms. The Bertz CT molecular complexity index is 1180. The van der Waals surface area contributed by atoms with Crippen LogP contribution in [0.2, 0.25) is 0 Å². The summed E-state index contributed by atoms with van der Waals surface area (Å²) in [7, 11) is 0. The normalized spacial score (nSPS) is 11.1. The van der Waals surface area contributed by atoms with Gasteiger partial charge in [-0.05, 0) is 33.7 Å². The number of aromatic nitrogens is 1. The molecule has 0 bridgehead atoms. The molecule has 0 spiro atoms. The van der Waals surface area contributed by atoms with E-state index in [1.807, 2.05) is 48.5 Å². The fourth-order valence-electron chi connectivity index (χ4n) is 3.03. The van der Waals surface area contributed by atoms with E-state index in [4.69, 9.17) is 0 Å². The predicted molar refractivity (Wildman–Crippen MR) is 107 cm³/mol. The number of amides is 1. The number of fused-ring (bicyclic) bond motifs is 2. The van der Waals surface area contributed by atoms with Crippen LogP contribution in [0.3, 0.4) is 0 Å². The van der Waals surface area contributed by atoms with Gasteiger partial charge in [0.05, 0.1) is 11.1 Å². The lowest BCUT2D eigenvalue weighted by atomic mass is 9.97. The van der Waals surface area contributed by atoms with E-state index >= 15 is 0 Å². The number of nitro groups is 1. The van der Waals surface area contributed by atoms with Crippen molar-refractivity contribution in [3.05, 3.63) is 94.3 Å². The monoisotopic (exact) mass is 370 g/mol. The highest BCUT2D eigenvalue weighted by molar-refractivity contribution is 6.13. The molecular formula is C21H14N4O3. The zero-order valence-corrected chi connectivity index (χ0v) is 14.6. The molecule has 1 heterocycles. The Kier molecular flexibility index (Phi) is 4.47. The Labute approximate surface area is 159 Å². The molecule has 0 unspecified atom stereocenters. The van der Waals surface area contributed by atoms with Gasteiger partial charge >= 0.3 is 0 Å². The van der Waals surface area contributed by atoms with Crippen LogP contribution in [0.1, 0.15) is 16.1 Å². The molecule has 4 aromatic rings. The van der Waals surface area contributed by atoms with E-state index in [-0.39, 0.29) is 11.4 Å². The number of carbonyl (C=O) groups excluding carboxylic acids is 1. The summed E-state index contributed by atoms with van der Waals surface area (Å²) in [5.74, 6) is -0.546. The zero-order valence-electron chi connectivity index (χ0n) is 14.6. The third-order valence-corrected chi connectivity index (χ3v) is 4.36.